The molecule has 0 bridgehead atoms. The minimum Gasteiger partial charge on any atom is -0.491 e. The Morgan fingerprint density at radius 1 is 1.40 bits per heavy atom. The molecule has 1 rings (SSSR count). The summed E-state index contributed by atoms with van der Waals surface area (Å²) in [6.07, 6.45) is 3.25. The average Bonchev–Trinajstić information content (AvgIpc) is 2.25. The van der Waals surface area contributed by atoms with E-state index in [1.165, 1.54) is 0 Å². The molecule has 0 aromatic heterocycles. The highest BCUT2D eigenvalue weighted by Gasteiger charge is 2.03. The fraction of sp³-hybridized carbons (Fsp3) is 0.500. The molecule has 3 nitrogen and oxygen atoms in total. The van der Waals surface area contributed by atoms with Crippen LogP contribution in [0.2, 0.25) is 0 Å². The topological polar surface area (TPSA) is 55.5 Å². The number of aliphatic hydroxyl groups excluding tert-OH is 1. The summed E-state index contributed by atoms with van der Waals surface area (Å²) in [7, 11) is 0. The number of ether oxygens (including phenoxy) is 1. The van der Waals surface area contributed by atoms with Gasteiger partial charge in [-0.05, 0) is 36.6 Å². The largest absolute Gasteiger partial charge is 0.491 e. The van der Waals surface area contributed by atoms with Crippen LogP contribution in [0.5, 0.6) is 5.75 Å². The van der Waals surface area contributed by atoms with Gasteiger partial charge in [-0.2, -0.15) is 0 Å². The highest BCUT2D eigenvalue weighted by molar-refractivity contribution is 5.47. The number of aryl methyl sites for hydroxylation is 1. The van der Waals surface area contributed by atoms with Crippen molar-refractivity contribution in [1.82, 2.24) is 0 Å². The van der Waals surface area contributed by atoms with Crippen molar-refractivity contribution < 1.29 is 9.84 Å². The monoisotopic (exact) mass is 209 g/mol. The molecule has 0 unspecified atom stereocenters. The normalized spacial score (nSPS) is 10.3. The predicted molar refractivity (Wildman–Crippen MR) is 62.0 cm³/mol. The summed E-state index contributed by atoms with van der Waals surface area (Å²) in [5.41, 5.74) is 7.61. The summed E-state index contributed by atoms with van der Waals surface area (Å²) in [4.78, 5) is 0. The van der Waals surface area contributed by atoms with Crippen LogP contribution in [-0.4, -0.2) is 18.3 Å². The van der Waals surface area contributed by atoms with Gasteiger partial charge in [0, 0.05) is 5.69 Å². The van der Waals surface area contributed by atoms with Crippen LogP contribution in [0.1, 0.15) is 25.3 Å². The Hall–Kier alpha value is -1.22. The molecule has 0 radical (unpaired) electrons. The number of hydrogen-bond donors (Lipinski definition) is 2. The van der Waals surface area contributed by atoms with Crippen LogP contribution in [0.15, 0.2) is 18.2 Å². The summed E-state index contributed by atoms with van der Waals surface area (Å²) in [5.74, 6) is 0.840. The van der Waals surface area contributed by atoms with E-state index in [9.17, 15) is 0 Å². The molecular weight excluding hydrogens is 190 g/mol. The molecular formula is C12H19NO2. The van der Waals surface area contributed by atoms with Gasteiger partial charge in [0.15, 0.2) is 0 Å². The third kappa shape index (κ3) is 3.80. The molecule has 0 fully saturated rings. The van der Waals surface area contributed by atoms with E-state index in [0.717, 1.165) is 36.3 Å². The Morgan fingerprint density at radius 2 is 2.20 bits per heavy atom. The first-order chi connectivity index (χ1) is 7.27. The Kier molecular flexibility index (Phi) is 4.98. The summed E-state index contributed by atoms with van der Waals surface area (Å²) in [5, 5.41) is 8.70. The van der Waals surface area contributed by atoms with Crippen LogP contribution >= 0.6 is 0 Å². The standard InChI is InChI=1S/C12H19NO2/c1-2-3-4-10-9-11(13)5-6-12(10)15-8-7-14/h5-6,9,14H,2-4,7-8,13H2,1H3. The zero-order valence-corrected chi connectivity index (χ0v) is 9.20. The Morgan fingerprint density at radius 3 is 2.87 bits per heavy atom. The summed E-state index contributed by atoms with van der Waals surface area (Å²) >= 11 is 0. The smallest absolute Gasteiger partial charge is 0.122 e. The second-order valence-corrected chi connectivity index (χ2v) is 3.54. The number of anilines is 1. The molecule has 3 N–H and O–H groups in total. The van der Waals surface area contributed by atoms with Gasteiger partial charge in [-0.25, -0.2) is 0 Å². The van der Waals surface area contributed by atoms with Crippen LogP contribution in [0, 0.1) is 0 Å². The molecule has 15 heavy (non-hydrogen) atoms. The maximum absolute atomic E-state index is 8.70. The molecule has 3 heteroatoms. The molecule has 0 spiro atoms. The predicted octanol–water partition coefficient (Wildman–Crippen LogP) is 1.98. The van der Waals surface area contributed by atoms with Crippen molar-refractivity contribution in [2.75, 3.05) is 18.9 Å². The minimum absolute atomic E-state index is 0.0393. The molecule has 1 aromatic carbocycles. The number of nitrogen functional groups attached to an aromatic ring is 1. The van der Waals surface area contributed by atoms with Crippen LogP contribution < -0.4 is 10.5 Å². The van der Waals surface area contributed by atoms with Gasteiger partial charge in [-0.15, -0.1) is 0 Å². The molecule has 0 saturated heterocycles. The highest BCUT2D eigenvalue weighted by atomic mass is 16.5. The van der Waals surface area contributed by atoms with Crippen molar-refractivity contribution in [3.05, 3.63) is 23.8 Å². The molecule has 84 valence electrons. The maximum Gasteiger partial charge on any atom is 0.122 e. The summed E-state index contributed by atoms with van der Waals surface area (Å²) < 4.78 is 5.43. The molecule has 0 amide bonds. The van der Waals surface area contributed by atoms with E-state index in [2.05, 4.69) is 6.92 Å². The van der Waals surface area contributed by atoms with Gasteiger partial charge >= 0.3 is 0 Å². The molecule has 0 aliphatic rings. The van der Waals surface area contributed by atoms with Crippen molar-refractivity contribution in [2.24, 2.45) is 0 Å². The number of nitrogens with two attached hydrogens (primary N) is 1. The fourth-order valence-corrected chi connectivity index (χ4v) is 1.46. The van der Waals surface area contributed by atoms with Crippen molar-refractivity contribution in [2.45, 2.75) is 26.2 Å². The van der Waals surface area contributed by atoms with Crippen molar-refractivity contribution >= 4 is 5.69 Å². The number of rotatable bonds is 6. The van der Waals surface area contributed by atoms with Gasteiger partial charge in [0.1, 0.15) is 12.4 Å². The van der Waals surface area contributed by atoms with Crippen LogP contribution in [0.3, 0.4) is 0 Å². The van der Waals surface area contributed by atoms with Gasteiger partial charge in [0.2, 0.25) is 0 Å². The first-order valence-electron chi connectivity index (χ1n) is 5.40. The quantitative estimate of drug-likeness (QED) is 0.704. The van der Waals surface area contributed by atoms with Crippen molar-refractivity contribution in [3.8, 4) is 5.75 Å². The summed E-state index contributed by atoms with van der Waals surface area (Å²) in [6.45, 7) is 2.53. The van der Waals surface area contributed by atoms with Gasteiger partial charge in [-0.1, -0.05) is 13.3 Å². The van der Waals surface area contributed by atoms with Crippen LogP contribution in [-0.2, 0) is 6.42 Å². The second-order valence-electron chi connectivity index (χ2n) is 3.54. The zero-order valence-electron chi connectivity index (χ0n) is 9.20. The molecule has 0 heterocycles. The van der Waals surface area contributed by atoms with E-state index >= 15 is 0 Å². The van der Waals surface area contributed by atoms with Gasteiger partial charge in [0.05, 0.1) is 6.61 Å². The molecule has 0 saturated carbocycles. The first kappa shape index (κ1) is 11.9. The van der Waals surface area contributed by atoms with E-state index in [-0.39, 0.29) is 6.61 Å². The molecule has 0 aliphatic heterocycles. The van der Waals surface area contributed by atoms with E-state index < -0.39 is 0 Å². The average molecular weight is 209 g/mol. The van der Waals surface area contributed by atoms with Crippen molar-refractivity contribution in [3.63, 3.8) is 0 Å². The molecule has 0 aliphatic carbocycles. The van der Waals surface area contributed by atoms with Crippen molar-refractivity contribution in [1.29, 1.82) is 0 Å². The number of aliphatic hydroxyl groups is 1. The lowest BCUT2D eigenvalue weighted by Crippen LogP contribution is -2.04. The highest BCUT2D eigenvalue weighted by Crippen LogP contribution is 2.23. The Labute approximate surface area is 90.9 Å². The second kappa shape index (κ2) is 6.30. The molecule has 1 aromatic rings. The van der Waals surface area contributed by atoms with Crippen LogP contribution in [0.25, 0.3) is 0 Å². The lowest BCUT2D eigenvalue weighted by molar-refractivity contribution is 0.200. The lowest BCUT2D eigenvalue weighted by Gasteiger charge is -2.11. The van der Waals surface area contributed by atoms with Gasteiger partial charge < -0.3 is 15.6 Å². The minimum atomic E-state index is 0.0393. The van der Waals surface area contributed by atoms with E-state index in [1.54, 1.807) is 0 Å². The molecule has 0 atom stereocenters. The van der Waals surface area contributed by atoms with Crippen LogP contribution in [0.4, 0.5) is 5.69 Å². The maximum atomic E-state index is 8.70. The third-order valence-corrected chi connectivity index (χ3v) is 2.23. The fourth-order valence-electron chi connectivity index (χ4n) is 1.46. The Balaban J connectivity index is 2.73. The van der Waals surface area contributed by atoms with E-state index in [4.69, 9.17) is 15.6 Å². The number of benzene rings is 1. The Bertz CT molecular complexity index is 300. The SMILES string of the molecule is CCCCc1cc(N)ccc1OCCO. The zero-order chi connectivity index (χ0) is 11.1. The lowest BCUT2D eigenvalue weighted by atomic mass is 10.1. The van der Waals surface area contributed by atoms with E-state index in [1.807, 2.05) is 18.2 Å². The first-order valence-corrected chi connectivity index (χ1v) is 5.40. The third-order valence-electron chi connectivity index (χ3n) is 2.23. The number of hydrogen-bond acceptors (Lipinski definition) is 3. The van der Waals surface area contributed by atoms with Gasteiger partial charge in [-0.3, -0.25) is 0 Å². The number of unbranched alkanes of at least 4 members (excludes halogenated alkanes) is 1. The van der Waals surface area contributed by atoms with E-state index in [0.29, 0.717) is 6.61 Å². The van der Waals surface area contributed by atoms with Gasteiger partial charge in [0.25, 0.3) is 0 Å². The summed E-state index contributed by atoms with van der Waals surface area (Å²) in [6, 6.07) is 5.64.